The molecule has 1 aromatic carbocycles. The molecule has 0 spiro atoms. The average Bonchev–Trinajstić information content (AvgIpc) is 2.50. The average molecular weight is 262 g/mol. The Labute approximate surface area is 114 Å². The van der Waals surface area contributed by atoms with Crippen molar-refractivity contribution in [3.63, 3.8) is 0 Å². The Morgan fingerprint density at radius 3 is 2.63 bits per heavy atom. The van der Waals surface area contributed by atoms with Gasteiger partial charge in [0.2, 0.25) is 0 Å². The van der Waals surface area contributed by atoms with Gasteiger partial charge in [-0.1, -0.05) is 0 Å². The molecular formula is C15H22N2O2. The summed E-state index contributed by atoms with van der Waals surface area (Å²) in [5.41, 5.74) is 1.29. The molecule has 2 saturated heterocycles. The molecule has 1 unspecified atom stereocenters. The topological polar surface area (TPSA) is 33.7 Å². The minimum Gasteiger partial charge on any atom is -0.488 e. The van der Waals surface area contributed by atoms with E-state index in [2.05, 4.69) is 34.5 Å². The molecule has 0 saturated carbocycles. The van der Waals surface area contributed by atoms with Gasteiger partial charge in [0.05, 0.1) is 6.61 Å². The Bertz CT molecular complexity index is 382. The molecule has 1 aromatic rings. The Balaban J connectivity index is 1.58. The van der Waals surface area contributed by atoms with E-state index in [4.69, 9.17) is 9.47 Å². The standard InChI is InChI=1S/C15H22N2O2/c1-2-15(12-18-11-1)19-14-5-3-13(4-6-14)17-9-7-16-8-10-17/h3-6,15-16H,1-2,7-12H2. The second-order valence-corrected chi connectivity index (χ2v) is 5.19. The summed E-state index contributed by atoms with van der Waals surface area (Å²) in [6, 6.07) is 8.46. The number of piperazine rings is 1. The summed E-state index contributed by atoms with van der Waals surface area (Å²) in [6.45, 7) is 5.89. The van der Waals surface area contributed by atoms with E-state index in [9.17, 15) is 0 Å². The largest absolute Gasteiger partial charge is 0.488 e. The summed E-state index contributed by atoms with van der Waals surface area (Å²) in [5, 5.41) is 3.37. The molecule has 104 valence electrons. The van der Waals surface area contributed by atoms with Gasteiger partial charge in [0, 0.05) is 38.5 Å². The van der Waals surface area contributed by atoms with Crippen LogP contribution < -0.4 is 15.0 Å². The molecule has 0 aliphatic carbocycles. The van der Waals surface area contributed by atoms with Crippen molar-refractivity contribution in [2.75, 3.05) is 44.3 Å². The molecule has 2 fully saturated rings. The van der Waals surface area contributed by atoms with Crippen LogP contribution in [-0.4, -0.2) is 45.5 Å². The zero-order valence-electron chi connectivity index (χ0n) is 11.3. The zero-order chi connectivity index (χ0) is 12.9. The summed E-state index contributed by atoms with van der Waals surface area (Å²) >= 11 is 0. The van der Waals surface area contributed by atoms with Gasteiger partial charge in [0.1, 0.15) is 11.9 Å². The van der Waals surface area contributed by atoms with Crippen LogP contribution in [0.25, 0.3) is 0 Å². The molecule has 0 aromatic heterocycles. The number of ether oxygens (including phenoxy) is 2. The molecule has 0 amide bonds. The maximum atomic E-state index is 5.94. The molecule has 0 radical (unpaired) electrons. The van der Waals surface area contributed by atoms with E-state index in [1.807, 2.05) is 0 Å². The van der Waals surface area contributed by atoms with E-state index in [0.717, 1.165) is 58.0 Å². The third kappa shape index (κ3) is 3.39. The molecule has 1 atom stereocenters. The number of hydrogen-bond acceptors (Lipinski definition) is 4. The fourth-order valence-electron chi connectivity index (χ4n) is 2.66. The maximum Gasteiger partial charge on any atom is 0.122 e. The minimum atomic E-state index is 0.221. The van der Waals surface area contributed by atoms with Crippen LogP contribution >= 0.6 is 0 Å². The molecule has 2 heterocycles. The third-order valence-corrected chi connectivity index (χ3v) is 3.74. The fourth-order valence-corrected chi connectivity index (χ4v) is 2.66. The van der Waals surface area contributed by atoms with E-state index in [1.54, 1.807) is 0 Å². The number of nitrogens with zero attached hydrogens (tertiary/aromatic N) is 1. The van der Waals surface area contributed by atoms with Gasteiger partial charge in [-0.25, -0.2) is 0 Å². The summed E-state index contributed by atoms with van der Waals surface area (Å²) in [7, 11) is 0. The van der Waals surface area contributed by atoms with Crippen LogP contribution in [0.15, 0.2) is 24.3 Å². The fraction of sp³-hybridized carbons (Fsp3) is 0.600. The summed E-state index contributed by atoms with van der Waals surface area (Å²) in [5.74, 6) is 0.953. The van der Waals surface area contributed by atoms with Crippen LogP contribution in [0.1, 0.15) is 12.8 Å². The van der Waals surface area contributed by atoms with E-state index in [-0.39, 0.29) is 6.10 Å². The Morgan fingerprint density at radius 1 is 1.16 bits per heavy atom. The minimum absolute atomic E-state index is 0.221. The first-order valence-corrected chi connectivity index (χ1v) is 7.22. The normalized spacial score (nSPS) is 24.2. The molecule has 4 heteroatoms. The molecular weight excluding hydrogens is 240 g/mol. The Hall–Kier alpha value is -1.26. The van der Waals surface area contributed by atoms with Crippen molar-refractivity contribution in [3.8, 4) is 5.75 Å². The van der Waals surface area contributed by atoms with Crippen molar-refractivity contribution in [1.82, 2.24) is 5.32 Å². The van der Waals surface area contributed by atoms with Crippen LogP contribution in [0.5, 0.6) is 5.75 Å². The first kappa shape index (κ1) is 12.8. The number of rotatable bonds is 3. The predicted molar refractivity (Wildman–Crippen MR) is 76.0 cm³/mol. The van der Waals surface area contributed by atoms with Crippen LogP contribution in [0, 0.1) is 0 Å². The summed E-state index contributed by atoms with van der Waals surface area (Å²) in [4.78, 5) is 2.41. The molecule has 0 bridgehead atoms. The van der Waals surface area contributed by atoms with Crippen LogP contribution in [-0.2, 0) is 4.74 Å². The van der Waals surface area contributed by atoms with Gasteiger partial charge in [0.25, 0.3) is 0 Å². The molecule has 2 aliphatic rings. The van der Waals surface area contributed by atoms with Gasteiger partial charge in [-0.2, -0.15) is 0 Å². The van der Waals surface area contributed by atoms with Gasteiger partial charge >= 0.3 is 0 Å². The van der Waals surface area contributed by atoms with Gasteiger partial charge in [-0.05, 0) is 37.1 Å². The number of benzene rings is 1. The van der Waals surface area contributed by atoms with Crippen molar-refractivity contribution < 1.29 is 9.47 Å². The molecule has 2 aliphatic heterocycles. The highest BCUT2D eigenvalue weighted by Gasteiger charge is 2.15. The van der Waals surface area contributed by atoms with Gasteiger partial charge < -0.3 is 19.7 Å². The monoisotopic (exact) mass is 262 g/mol. The van der Waals surface area contributed by atoms with E-state index >= 15 is 0 Å². The number of hydrogen-bond donors (Lipinski definition) is 1. The first-order chi connectivity index (χ1) is 9.42. The van der Waals surface area contributed by atoms with Gasteiger partial charge in [0.15, 0.2) is 0 Å². The van der Waals surface area contributed by atoms with Crippen molar-refractivity contribution in [2.45, 2.75) is 18.9 Å². The zero-order valence-corrected chi connectivity index (χ0v) is 11.3. The number of nitrogens with one attached hydrogen (secondary N) is 1. The Kier molecular flexibility index (Phi) is 4.20. The lowest BCUT2D eigenvalue weighted by Gasteiger charge is -2.29. The van der Waals surface area contributed by atoms with Crippen molar-refractivity contribution in [2.24, 2.45) is 0 Å². The highest BCUT2D eigenvalue weighted by molar-refractivity contribution is 5.49. The lowest BCUT2D eigenvalue weighted by atomic mass is 10.2. The smallest absolute Gasteiger partial charge is 0.122 e. The van der Waals surface area contributed by atoms with E-state index in [1.165, 1.54) is 5.69 Å². The predicted octanol–water partition coefficient (Wildman–Crippen LogP) is 1.65. The maximum absolute atomic E-state index is 5.94. The lowest BCUT2D eigenvalue weighted by Crippen LogP contribution is -2.43. The van der Waals surface area contributed by atoms with Crippen LogP contribution in [0.2, 0.25) is 0 Å². The third-order valence-electron chi connectivity index (χ3n) is 3.74. The van der Waals surface area contributed by atoms with Gasteiger partial charge in [-0.15, -0.1) is 0 Å². The van der Waals surface area contributed by atoms with Crippen LogP contribution in [0.3, 0.4) is 0 Å². The van der Waals surface area contributed by atoms with Crippen molar-refractivity contribution >= 4 is 5.69 Å². The van der Waals surface area contributed by atoms with Gasteiger partial charge in [-0.3, -0.25) is 0 Å². The van der Waals surface area contributed by atoms with Crippen LogP contribution in [0.4, 0.5) is 5.69 Å². The van der Waals surface area contributed by atoms with Crippen molar-refractivity contribution in [1.29, 1.82) is 0 Å². The number of anilines is 1. The SMILES string of the molecule is c1cc(N2CCNCC2)ccc1OC1CCCOC1. The molecule has 1 N–H and O–H groups in total. The first-order valence-electron chi connectivity index (χ1n) is 7.22. The Morgan fingerprint density at radius 2 is 1.95 bits per heavy atom. The second-order valence-electron chi connectivity index (χ2n) is 5.19. The highest BCUT2D eigenvalue weighted by atomic mass is 16.5. The second kappa shape index (κ2) is 6.26. The highest BCUT2D eigenvalue weighted by Crippen LogP contribution is 2.22. The summed E-state index contributed by atoms with van der Waals surface area (Å²) in [6.07, 6.45) is 2.42. The quantitative estimate of drug-likeness (QED) is 0.898. The molecule has 4 nitrogen and oxygen atoms in total. The molecule has 19 heavy (non-hydrogen) atoms. The van der Waals surface area contributed by atoms with E-state index in [0.29, 0.717) is 0 Å². The van der Waals surface area contributed by atoms with E-state index < -0.39 is 0 Å². The lowest BCUT2D eigenvalue weighted by molar-refractivity contribution is 0.00743. The van der Waals surface area contributed by atoms with Crippen molar-refractivity contribution in [3.05, 3.63) is 24.3 Å². The summed E-state index contributed by atoms with van der Waals surface area (Å²) < 4.78 is 11.4. The molecule has 3 rings (SSSR count).